The Morgan fingerprint density at radius 2 is 1.94 bits per heavy atom. The molecule has 0 atom stereocenters. The molecule has 2 saturated carbocycles. The number of aliphatic hydroxyl groups is 1. The third-order valence-corrected chi connectivity index (χ3v) is 6.27. The van der Waals surface area contributed by atoms with Crippen molar-refractivity contribution in [1.29, 1.82) is 0 Å². The van der Waals surface area contributed by atoms with Gasteiger partial charge >= 0.3 is 0 Å². The summed E-state index contributed by atoms with van der Waals surface area (Å²) in [6.07, 6.45) is 4.56. The molecule has 0 radical (unpaired) electrons. The van der Waals surface area contributed by atoms with E-state index in [-0.39, 0.29) is 17.5 Å². The standard InChI is InChI=1S/C12H17NO3S2/c14-7-10-11(5-6-17-10)18(15,16)13-12(8-1-2-8)9-3-4-9/h5-6,8-9,12-14H,1-4,7H2. The molecular weight excluding hydrogens is 270 g/mol. The first kappa shape index (κ1) is 12.6. The second-order valence-electron chi connectivity index (χ2n) is 5.19. The molecule has 2 N–H and O–H groups in total. The van der Waals surface area contributed by atoms with Gasteiger partial charge in [0.05, 0.1) is 11.5 Å². The third-order valence-electron chi connectivity index (χ3n) is 3.69. The Hall–Kier alpha value is -0.430. The molecule has 1 aromatic heterocycles. The summed E-state index contributed by atoms with van der Waals surface area (Å²) in [5.41, 5.74) is 0. The van der Waals surface area contributed by atoms with Gasteiger partial charge in [0, 0.05) is 10.9 Å². The second-order valence-corrected chi connectivity index (χ2v) is 7.87. The van der Waals surface area contributed by atoms with E-state index in [1.54, 1.807) is 11.4 Å². The summed E-state index contributed by atoms with van der Waals surface area (Å²) < 4.78 is 27.5. The zero-order chi connectivity index (χ0) is 12.8. The van der Waals surface area contributed by atoms with Gasteiger partial charge in [-0.25, -0.2) is 13.1 Å². The van der Waals surface area contributed by atoms with Gasteiger partial charge in [-0.1, -0.05) is 0 Å². The van der Waals surface area contributed by atoms with Crippen molar-refractivity contribution in [2.45, 2.75) is 43.2 Å². The predicted octanol–water partition coefficient (Wildman–Crippen LogP) is 1.71. The van der Waals surface area contributed by atoms with E-state index in [0.717, 1.165) is 25.7 Å². The molecule has 100 valence electrons. The summed E-state index contributed by atoms with van der Waals surface area (Å²) in [5, 5.41) is 10.9. The Kier molecular flexibility index (Phi) is 3.21. The zero-order valence-corrected chi connectivity index (χ0v) is 11.6. The van der Waals surface area contributed by atoms with Crippen molar-refractivity contribution in [3.63, 3.8) is 0 Å². The Balaban J connectivity index is 1.81. The lowest BCUT2D eigenvalue weighted by Crippen LogP contribution is -2.38. The number of rotatable bonds is 6. The van der Waals surface area contributed by atoms with Crippen molar-refractivity contribution in [3.05, 3.63) is 16.3 Å². The zero-order valence-electron chi connectivity index (χ0n) is 10.0. The third kappa shape index (κ3) is 2.47. The van der Waals surface area contributed by atoms with E-state index >= 15 is 0 Å². The lowest BCUT2D eigenvalue weighted by Gasteiger charge is -2.17. The fourth-order valence-electron chi connectivity index (χ4n) is 2.41. The molecule has 2 fully saturated rings. The minimum Gasteiger partial charge on any atom is -0.391 e. The summed E-state index contributed by atoms with van der Waals surface area (Å²) in [6, 6.07) is 1.69. The summed E-state index contributed by atoms with van der Waals surface area (Å²) >= 11 is 1.28. The first-order valence-corrected chi connectivity index (χ1v) is 8.67. The van der Waals surface area contributed by atoms with Gasteiger partial charge in [-0.05, 0) is 49.0 Å². The van der Waals surface area contributed by atoms with Crippen LogP contribution in [0.5, 0.6) is 0 Å². The van der Waals surface area contributed by atoms with E-state index in [4.69, 9.17) is 5.11 Å². The van der Waals surface area contributed by atoms with E-state index < -0.39 is 10.0 Å². The van der Waals surface area contributed by atoms with Crippen LogP contribution in [0.3, 0.4) is 0 Å². The number of aliphatic hydroxyl groups excluding tert-OH is 1. The van der Waals surface area contributed by atoms with Crippen molar-refractivity contribution in [2.24, 2.45) is 11.8 Å². The Morgan fingerprint density at radius 1 is 1.33 bits per heavy atom. The van der Waals surface area contributed by atoms with Crippen LogP contribution in [0.4, 0.5) is 0 Å². The van der Waals surface area contributed by atoms with Crippen LogP contribution in [0.1, 0.15) is 30.6 Å². The fourth-order valence-corrected chi connectivity index (χ4v) is 5.08. The summed E-state index contributed by atoms with van der Waals surface area (Å²) in [5.74, 6) is 1.06. The normalized spacial score (nSPS) is 20.6. The minimum absolute atomic E-state index is 0.112. The average Bonchev–Trinajstić information content (AvgIpc) is 3.24. The summed E-state index contributed by atoms with van der Waals surface area (Å²) in [7, 11) is -3.47. The van der Waals surface area contributed by atoms with Gasteiger partial charge in [-0.2, -0.15) is 0 Å². The molecule has 2 aliphatic carbocycles. The largest absolute Gasteiger partial charge is 0.391 e. The van der Waals surface area contributed by atoms with Crippen LogP contribution in [-0.4, -0.2) is 19.6 Å². The molecule has 0 spiro atoms. The molecule has 0 amide bonds. The van der Waals surface area contributed by atoms with Crippen LogP contribution in [0.2, 0.25) is 0 Å². The van der Waals surface area contributed by atoms with E-state index in [1.165, 1.54) is 11.3 Å². The van der Waals surface area contributed by atoms with Crippen LogP contribution in [-0.2, 0) is 16.6 Å². The molecule has 0 aliphatic heterocycles. The summed E-state index contributed by atoms with van der Waals surface area (Å²) in [4.78, 5) is 0.772. The van der Waals surface area contributed by atoms with Gasteiger partial charge in [0.25, 0.3) is 0 Å². The number of hydrogen-bond acceptors (Lipinski definition) is 4. The van der Waals surface area contributed by atoms with Gasteiger partial charge in [0.2, 0.25) is 10.0 Å². The molecule has 1 aromatic rings. The van der Waals surface area contributed by atoms with Gasteiger partial charge < -0.3 is 5.11 Å². The highest BCUT2D eigenvalue weighted by Crippen LogP contribution is 2.45. The highest BCUT2D eigenvalue weighted by molar-refractivity contribution is 7.89. The van der Waals surface area contributed by atoms with E-state index in [9.17, 15) is 8.42 Å². The molecule has 18 heavy (non-hydrogen) atoms. The summed E-state index contributed by atoms with van der Waals surface area (Å²) in [6.45, 7) is -0.217. The van der Waals surface area contributed by atoms with Gasteiger partial charge in [0.1, 0.15) is 0 Å². The fraction of sp³-hybridized carbons (Fsp3) is 0.667. The molecular formula is C12H17NO3S2. The number of hydrogen-bond donors (Lipinski definition) is 2. The molecule has 0 unspecified atom stereocenters. The maximum atomic E-state index is 12.3. The van der Waals surface area contributed by atoms with E-state index in [1.807, 2.05) is 0 Å². The number of nitrogens with one attached hydrogen (secondary N) is 1. The molecule has 3 rings (SSSR count). The van der Waals surface area contributed by atoms with Gasteiger partial charge in [0.15, 0.2) is 0 Å². The maximum Gasteiger partial charge on any atom is 0.242 e. The Labute approximate surface area is 111 Å². The van der Waals surface area contributed by atoms with Crippen molar-refractivity contribution in [1.82, 2.24) is 4.72 Å². The quantitative estimate of drug-likeness (QED) is 0.837. The van der Waals surface area contributed by atoms with Crippen LogP contribution in [0, 0.1) is 11.8 Å². The van der Waals surface area contributed by atoms with Crippen LogP contribution < -0.4 is 4.72 Å². The smallest absolute Gasteiger partial charge is 0.242 e. The van der Waals surface area contributed by atoms with E-state index in [2.05, 4.69) is 4.72 Å². The first-order chi connectivity index (χ1) is 8.62. The van der Waals surface area contributed by atoms with Gasteiger partial charge in [-0.15, -0.1) is 11.3 Å². The molecule has 1 heterocycles. The van der Waals surface area contributed by atoms with Crippen LogP contribution in [0.15, 0.2) is 16.3 Å². The van der Waals surface area contributed by atoms with Crippen molar-refractivity contribution >= 4 is 21.4 Å². The van der Waals surface area contributed by atoms with Crippen LogP contribution >= 0.6 is 11.3 Å². The lowest BCUT2D eigenvalue weighted by molar-refractivity contribution is 0.282. The minimum atomic E-state index is -3.47. The number of thiophene rings is 1. The van der Waals surface area contributed by atoms with Crippen molar-refractivity contribution in [3.8, 4) is 0 Å². The maximum absolute atomic E-state index is 12.3. The average molecular weight is 287 g/mol. The van der Waals surface area contributed by atoms with Gasteiger partial charge in [-0.3, -0.25) is 0 Å². The second kappa shape index (κ2) is 4.59. The van der Waals surface area contributed by atoms with E-state index in [0.29, 0.717) is 16.7 Å². The molecule has 0 aromatic carbocycles. The predicted molar refractivity (Wildman–Crippen MR) is 69.8 cm³/mol. The molecule has 0 saturated heterocycles. The molecule has 6 heteroatoms. The molecule has 2 aliphatic rings. The van der Waals surface area contributed by atoms with Crippen molar-refractivity contribution < 1.29 is 13.5 Å². The Bertz CT molecular complexity index is 517. The molecule has 4 nitrogen and oxygen atoms in total. The van der Waals surface area contributed by atoms with Crippen LogP contribution in [0.25, 0.3) is 0 Å². The monoisotopic (exact) mass is 287 g/mol. The van der Waals surface area contributed by atoms with Crippen molar-refractivity contribution in [2.75, 3.05) is 0 Å². The lowest BCUT2D eigenvalue weighted by atomic mass is 10.1. The number of sulfonamides is 1. The first-order valence-electron chi connectivity index (χ1n) is 6.31. The molecule has 0 bridgehead atoms. The highest BCUT2D eigenvalue weighted by Gasteiger charge is 2.43. The highest BCUT2D eigenvalue weighted by atomic mass is 32.2. The topological polar surface area (TPSA) is 66.4 Å². The SMILES string of the molecule is O=S(=O)(NC(C1CC1)C1CC1)c1ccsc1CO. The Morgan fingerprint density at radius 3 is 2.44 bits per heavy atom.